The van der Waals surface area contributed by atoms with Crippen LogP contribution in [0.25, 0.3) is 0 Å². The third kappa shape index (κ3) is 5.59. The largest absolute Gasteiger partial charge is 0.497 e. The summed E-state index contributed by atoms with van der Waals surface area (Å²) in [5.74, 6) is 0.597. The number of nitrogens with zero attached hydrogens (tertiary/aromatic N) is 1. The zero-order chi connectivity index (χ0) is 20.5. The lowest BCUT2D eigenvalue weighted by molar-refractivity contribution is -0.136. The maximum atomic E-state index is 13.0. The van der Waals surface area contributed by atoms with Crippen molar-refractivity contribution in [3.63, 3.8) is 0 Å². The third-order valence-corrected chi connectivity index (χ3v) is 4.94. The molecule has 0 fully saturated rings. The number of hydrogen-bond donors (Lipinski definition) is 1. The minimum atomic E-state index is -0.670. The molecule has 0 spiro atoms. The molecule has 5 nitrogen and oxygen atoms in total. The fourth-order valence-corrected chi connectivity index (χ4v) is 3.20. The number of hydrogen-bond acceptors (Lipinski definition) is 3. The molecule has 0 saturated heterocycles. The fourth-order valence-electron chi connectivity index (χ4n) is 3.20. The molecule has 0 saturated carbocycles. The van der Waals surface area contributed by atoms with E-state index in [0.717, 1.165) is 16.9 Å². The Morgan fingerprint density at radius 2 is 1.57 bits per heavy atom. The van der Waals surface area contributed by atoms with E-state index in [0.29, 0.717) is 19.5 Å². The van der Waals surface area contributed by atoms with E-state index in [2.05, 4.69) is 5.32 Å². The second-order valence-corrected chi connectivity index (χ2v) is 6.80. The first-order valence-corrected chi connectivity index (χ1v) is 9.77. The van der Waals surface area contributed by atoms with Gasteiger partial charge in [0.15, 0.2) is 0 Å². The van der Waals surface area contributed by atoms with Gasteiger partial charge in [-0.15, -0.1) is 0 Å². The molecule has 1 unspecified atom stereocenters. The van der Waals surface area contributed by atoms with E-state index in [1.54, 1.807) is 12.0 Å². The lowest BCUT2D eigenvalue weighted by Gasteiger charge is -2.26. The molecule has 2 atom stereocenters. The van der Waals surface area contributed by atoms with Gasteiger partial charge in [0, 0.05) is 19.5 Å². The number of nitrogens with one attached hydrogen (secondary N) is 1. The molecule has 2 rings (SSSR count). The minimum Gasteiger partial charge on any atom is -0.497 e. The summed E-state index contributed by atoms with van der Waals surface area (Å²) in [7, 11) is 1.63. The van der Waals surface area contributed by atoms with Crippen molar-refractivity contribution in [2.45, 2.75) is 39.2 Å². The molecule has 0 aliphatic rings. The van der Waals surface area contributed by atoms with E-state index < -0.39 is 6.04 Å². The SMILES string of the molecule is CCN(CC)C(=O)[C@@H](NC(=O)CC(C)c1ccc(OC)cc1)c1ccccc1. The highest BCUT2D eigenvalue weighted by Gasteiger charge is 2.26. The summed E-state index contributed by atoms with van der Waals surface area (Å²) in [4.78, 5) is 27.4. The van der Waals surface area contributed by atoms with Crippen molar-refractivity contribution in [3.8, 4) is 5.75 Å². The van der Waals surface area contributed by atoms with Gasteiger partial charge in [0.25, 0.3) is 0 Å². The Morgan fingerprint density at radius 3 is 2.11 bits per heavy atom. The molecule has 150 valence electrons. The number of benzene rings is 2. The van der Waals surface area contributed by atoms with Crippen molar-refractivity contribution in [1.82, 2.24) is 10.2 Å². The standard InChI is InChI=1S/C23H30N2O3/c1-5-25(6-2)23(27)22(19-10-8-7-9-11-19)24-21(26)16-17(3)18-12-14-20(28-4)15-13-18/h7-15,17,22H,5-6,16H2,1-4H3,(H,24,26)/t17?,22-/m0/s1. The van der Waals surface area contributed by atoms with Crippen molar-refractivity contribution >= 4 is 11.8 Å². The summed E-state index contributed by atoms with van der Waals surface area (Å²) in [6.45, 7) is 7.10. The van der Waals surface area contributed by atoms with Gasteiger partial charge in [0.05, 0.1) is 7.11 Å². The Labute approximate surface area is 167 Å². The summed E-state index contributed by atoms with van der Waals surface area (Å²) < 4.78 is 5.18. The molecule has 28 heavy (non-hydrogen) atoms. The molecule has 0 aromatic heterocycles. The van der Waals surface area contributed by atoms with Crippen LogP contribution in [0.5, 0.6) is 5.75 Å². The van der Waals surface area contributed by atoms with Crippen LogP contribution in [0.3, 0.4) is 0 Å². The average Bonchev–Trinajstić information content (AvgIpc) is 2.73. The van der Waals surface area contributed by atoms with Crippen molar-refractivity contribution in [1.29, 1.82) is 0 Å². The highest BCUT2D eigenvalue weighted by atomic mass is 16.5. The maximum absolute atomic E-state index is 13.0. The van der Waals surface area contributed by atoms with Crippen LogP contribution in [0.1, 0.15) is 50.3 Å². The number of likely N-dealkylation sites (N-methyl/N-ethyl adjacent to an activating group) is 1. The predicted octanol–water partition coefficient (Wildman–Crippen LogP) is 3.91. The Morgan fingerprint density at radius 1 is 0.964 bits per heavy atom. The number of rotatable bonds is 9. The quantitative estimate of drug-likeness (QED) is 0.715. The van der Waals surface area contributed by atoms with Crippen molar-refractivity contribution in [3.05, 3.63) is 65.7 Å². The Kier molecular flexibility index (Phi) is 8.05. The summed E-state index contributed by atoms with van der Waals surface area (Å²) in [6.07, 6.45) is 0.307. The van der Waals surface area contributed by atoms with Gasteiger partial charge in [0.2, 0.25) is 11.8 Å². The first-order valence-electron chi connectivity index (χ1n) is 9.77. The summed E-state index contributed by atoms with van der Waals surface area (Å²) in [5.41, 5.74) is 1.85. The molecule has 0 radical (unpaired) electrons. The number of ether oxygens (including phenoxy) is 1. The molecular formula is C23H30N2O3. The molecule has 2 aromatic rings. The zero-order valence-corrected chi connectivity index (χ0v) is 17.1. The Balaban J connectivity index is 2.11. The van der Waals surface area contributed by atoms with Gasteiger partial charge in [-0.05, 0) is 43.0 Å². The van der Waals surface area contributed by atoms with Gasteiger partial charge < -0.3 is 15.0 Å². The van der Waals surface area contributed by atoms with E-state index in [-0.39, 0.29) is 17.7 Å². The van der Waals surface area contributed by atoms with E-state index >= 15 is 0 Å². The van der Waals surface area contributed by atoms with Crippen molar-refractivity contribution < 1.29 is 14.3 Å². The maximum Gasteiger partial charge on any atom is 0.249 e. The van der Waals surface area contributed by atoms with E-state index in [9.17, 15) is 9.59 Å². The number of carbonyl (C=O) groups excluding carboxylic acids is 2. The molecule has 0 bridgehead atoms. The number of carbonyl (C=O) groups is 2. The molecule has 0 aliphatic carbocycles. The Hall–Kier alpha value is -2.82. The van der Waals surface area contributed by atoms with E-state index in [1.165, 1.54) is 0 Å². The predicted molar refractivity (Wildman–Crippen MR) is 111 cm³/mol. The van der Waals surface area contributed by atoms with Crippen LogP contribution in [0.15, 0.2) is 54.6 Å². The van der Waals surface area contributed by atoms with Gasteiger partial charge in [-0.1, -0.05) is 49.4 Å². The summed E-state index contributed by atoms with van der Waals surface area (Å²) in [5, 5.41) is 2.95. The van der Waals surface area contributed by atoms with Crippen LogP contribution in [-0.2, 0) is 9.59 Å². The van der Waals surface area contributed by atoms with Gasteiger partial charge >= 0.3 is 0 Å². The normalized spacial score (nSPS) is 12.7. The average molecular weight is 383 g/mol. The van der Waals surface area contributed by atoms with Crippen LogP contribution in [-0.4, -0.2) is 36.9 Å². The van der Waals surface area contributed by atoms with Crippen LogP contribution in [0.4, 0.5) is 0 Å². The first kappa shape index (κ1) is 21.5. The second kappa shape index (κ2) is 10.5. The first-order chi connectivity index (χ1) is 13.5. The van der Waals surface area contributed by atoms with Crippen molar-refractivity contribution in [2.24, 2.45) is 0 Å². The molecule has 2 amide bonds. The van der Waals surface area contributed by atoms with Gasteiger partial charge in [-0.25, -0.2) is 0 Å². The van der Waals surface area contributed by atoms with Crippen LogP contribution < -0.4 is 10.1 Å². The molecule has 5 heteroatoms. The zero-order valence-electron chi connectivity index (χ0n) is 17.1. The number of amides is 2. The summed E-state index contributed by atoms with van der Waals surface area (Å²) in [6, 6.07) is 16.4. The van der Waals surface area contributed by atoms with Gasteiger partial charge in [0.1, 0.15) is 11.8 Å². The second-order valence-electron chi connectivity index (χ2n) is 6.80. The number of methoxy groups -OCH3 is 1. The lowest BCUT2D eigenvalue weighted by Crippen LogP contribution is -2.43. The van der Waals surface area contributed by atoms with E-state index in [4.69, 9.17) is 4.74 Å². The summed E-state index contributed by atoms with van der Waals surface area (Å²) >= 11 is 0. The minimum absolute atomic E-state index is 0.0332. The third-order valence-electron chi connectivity index (χ3n) is 4.94. The highest BCUT2D eigenvalue weighted by molar-refractivity contribution is 5.89. The molecular weight excluding hydrogens is 352 g/mol. The molecule has 0 heterocycles. The highest BCUT2D eigenvalue weighted by Crippen LogP contribution is 2.23. The van der Waals surface area contributed by atoms with Crippen LogP contribution in [0, 0.1) is 0 Å². The van der Waals surface area contributed by atoms with Crippen molar-refractivity contribution in [2.75, 3.05) is 20.2 Å². The lowest BCUT2D eigenvalue weighted by atomic mass is 9.96. The monoisotopic (exact) mass is 382 g/mol. The Bertz CT molecular complexity index is 755. The smallest absolute Gasteiger partial charge is 0.249 e. The molecule has 0 aliphatic heterocycles. The van der Waals surface area contributed by atoms with E-state index in [1.807, 2.05) is 75.4 Å². The fraction of sp³-hybridized carbons (Fsp3) is 0.391. The van der Waals surface area contributed by atoms with Gasteiger partial charge in [-0.2, -0.15) is 0 Å². The topological polar surface area (TPSA) is 58.6 Å². The molecule has 1 N–H and O–H groups in total. The van der Waals surface area contributed by atoms with Gasteiger partial charge in [-0.3, -0.25) is 9.59 Å². The molecule has 2 aromatic carbocycles. The van der Waals surface area contributed by atoms with Crippen LogP contribution in [0.2, 0.25) is 0 Å². The van der Waals surface area contributed by atoms with Crippen LogP contribution >= 0.6 is 0 Å².